The maximum Gasteiger partial charge on any atom is 0.234 e. The van der Waals surface area contributed by atoms with Crippen LogP contribution in [0.2, 0.25) is 0 Å². The van der Waals surface area contributed by atoms with Gasteiger partial charge in [0.2, 0.25) is 5.91 Å². The highest BCUT2D eigenvalue weighted by molar-refractivity contribution is 6.02. The van der Waals surface area contributed by atoms with E-state index in [1.54, 1.807) is 0 Å². The number of hydrogen-bond acceptors (Lipinski definition) is 2. The molecule has 0 saturated carbocycles. The lowest BCUT2D eigenvalue weighted by molar-refractivity contribution is -0.119. The van der Waals surface area contributed by atoms with E-state index in [1.165, 1.54) is 0 Å². The van der Waals surface area contributed by atoms with Crippen LogP contribution in [0, 0.1) is 0 Å². The van der Waals surface area contributed by atoms with E-state index in [-0.39, 0.29) is 0 Å². The smallest absolute Gasteiger partial charge is 0.234 e. The molecule has 1 amide bonds. The van der Waals surface area contributed by atoms with Crippen LogP contribution in [0.25, 0.3) is 21.5 Å². The molecule has 3 aromatic carbocycles. The van der Waals surface area contributed by atoms with Gasteiger partial charge in [-0.15, -0.1) is 0 Å². The monoisotopic (exact) mass is 264 g/mol. The first-order valence-corrected chi connectivity index (χ1v) is 6.61. The number of amides is 1. The molecular weight excluding hydrogens is 248 g/mol. The van der Waals surface area contributed by atoms with E-state index in [0.717, 1.165) is 27.1 Å². The van der Waals surface area contributed by atoms with Crippen molar-refractivity contribution in [2.45, 2.75) is 12.5 Å². The minimum Gasteiger partial charge on any atom is -0.368 e. The molecule has 0 aliphatic carbocycles. The molecule has 3 nitrogen and oxygen atoms in total. The highest BCUT2D eigenvalue weighted by Gasteiger charge is 2.14. The second-order valence-corrected chi connectivity index (χ2v) is 5.01. The van der Waals surface area contributed by atoms with E-state index in [1.807, 2.05) is 24.3 Å². The van der Waals surface area contributed by atoms with Crippen molar-refractivity contribution in [3.8, 4) is 0 Å². The maximum atomic E-state index is 11.3. The molecule has 0 aliphatic rings. The summed E-state index contributed by atoms with van der Waals surface area (Å²) in [6.07, 6.45) is 0.456. The number of benzene rings is 3. The van der Waals surface area contributed by atoms with Gasteiger partial charge in [-0.1, -0.05) is 48.5 Å². The Balaban J connectivity index is 2.30. The number of fused-ring (bicyclic) bond motifs is 2. The average molecular weight is 264 g/mol. The van der Waals surface area contributed by atoms with Gasteiger partial charge in [-0.05, 0) is 39.6 Å². The van der Waals surface area contributed by atoms with Crippen molar-refractivity contribution in [2.75, 3.05) is 0 Å². The van der Waals surface area contributed by atoms with Crippen molar-refractivity contribution in [3.63, 3.8) is 0 Å². The summed E-state index contributed by atoms with van der Waals surface area (Å²) in [5.74, 6) is -0.470. The van der Waals surface area contributed by atoms with Gasteiger partial charge in [0.25, 0.3) is 0 Å². The topological polar surface area (TPSA) is 69.1 Å². The number of nitrogens with two attached hydrogens (primary N) is 2. The lowest BCUT2D eigenvalue weighted by atomic mass is 9.92. The zero-order valence-corrected chi connectivity index (χ0v) is 11.0. The van der Waals surface area contributed by atoms with Crippen LogP contribution < -0.4 is 11.5 Å². The number of hydrogen-bond donors (Lipinski definition) is 2. The van der Waals surface area contributed by atoms with Crippen LogP contribution in [0.15, 0.2) is 54.6 Å². The van der Waals surface area contributed by atoms with Gasteiger partial charge >= 0.3 is 0 Å². The molecular formula is C17H16N2O. The van der Waals surface area contributed by atoms with E-state index in [0.29, 0.717) is 6.42 Å². The van der Waals surface area contributed by atoms with E-state index < -0.39 is 11.9 Å². The quantitative estimate of drug-likeness (QED) is 0.713. The molecule has 0 aromatic heterocycles. The molecule has 1 unspecified atom stereocenters. The van der Waals surface area contributed by atoms with Gasteiger partial charge in [0.05, 0.1) is 6.04 Å². The minimum absolute atomic E-state index is 0.456. The SMILES string of the molecule is NC(=O)C(N)Cc1c2ccccc2cc2ccccc12. The Labute approximate surface area is 117 Å². The molecule has 100 valence electrons. The Morgan fingerprint density at radius 2 is 1.45 bits per heavy atom. The van der Waals surface area contributed by atoms with Crippen LogP contribution in [-0.4, -0.2) is 11.9 Å². The molecule has 3 aromatic rings. The molecule has 0 spiro atoms. The van der Waals surface area contributed by atoms with Crippen molar-refractivity contribution < 1.29 is 4.79 Å². The van der Waals surface area contributed by atoms with Crippen molar-refractivity contribution in [1.29, 1.82) is 0 Å². The molecule has 0 heterocycles. The molecule has 3 heteroatoms. The lowest BCUT2D eigenvalue weighted by Crippen LogP contribution is -2.38. The number of rotatable bonds is 3. The van der Waals surface area contributed by atoms with Crippen LogP contribution in [0.1, 0.15) is 5.56 Å². The van der Waals surface area contributed by atoms with E-state index in [4.69, 9.17) is 11.5 Å². The van der Waals surface area contributed by atoms with Crippen LogP contribution in [0.3, 0.4) is 0 Å². The molecule has 3 rings (SSSR count). The van der Waals surface area contributed by atoms with Gasteiger partial charge in [-0.25, -0.2) is 0 Å². The maximum absolute atomic E-state index is 11.3. The summed E-state index contributed by atoms with van der Waals surface area (Å²) in [6, 6.07) is 17.8. The third-order valence-electron chi connectivity index (χ3n) is 3.67. The predicted molar refractivity (Wildman–Crippen MR) is 82.3 cm³/mol. The zero-order valence-electron chi connectivity index (χ0n) is 11.0. The fourth-order valence-electron chi connectivity index (χ4n) is 2.65. The van der Waals surface area contributed by atoms with Gasteiger partial charge in [0.1, 0.15) is 0 Å². The number of carbonyl (C=O) groups excluding carboxylic acids is 1. The highest BCUT2D eigenvalue weighted by Crippen LogP contribution is 2.29. The normalized spacial score (nSPS) is 12.7. The Kier molecular flexibility index (Phi) is 3.12. The highest BCUT2D eigenvalue weighted by atomic mass is 16.1. The summed E-state index contributed by atoms with van der Waals surface area (Å²) in [4.78, 5) is 11.3. The lowest BCUT2D eigenvalue weighted by Gasteiger charge is -2.14. The summed E-state index contributed by atoms with van der Waals surface area (Å²) in [5.41, 5.74) is 12.3. The predicted octanol–water partition coefficient (Wildman–Crippen LogP) is 2.35. The Morgan fingerprint density at radius 3 is 1.95 bits per heavy atom. The summed E-state index contributed by atoms with van der Waals surface area (Å²) >= 11 is 0. The second kappa shape index (κ2) is 4.94. The van der Waals surface area contributed by atoms with Crippen molar-refractivity contribution in [1.82, 2.24) is 0 Å². The Bertz CT molecular complexity index is 741. The standard InChI is InChI=1S/C17H16N2O/c18-16(17(19)20)10-15-13-7-3-1-5-11(13)9-12-6-2-4-8-14(12)15/h1-9,16H,10,18H2,(H2,19,20). The fraction of sp³-hybridized carbons (Fsp3) is 0.118. The zero-order chi connectivity index (χ0) is 14.1. The fourth-order valence-corrected chi connectivity index (χ4v) is 2.65. The van der Waals surface area contributed by atoms with Crippen molar-refractivity contribution in [2.24, 2.45) is 11.5 Å². The first-order chi connectivity index (χ1) is 9.66. The Morgan fingerprint density at radius 1 is 0.950 bits per heavy atom. The van der Waals surface area contributed by atoms with Gasteiger partial charge < -0.3 is 11.5 Å². The van der Waals surface area contributed by atoms with Crippen molar-refractivity contribution >= 4 is 27.5 Å². The first-order valence-electron chi connectivity index (χ1n) is 6.61. The molecule has 20 heavy (non-hydrogen) atoms. The van der Waals surface area contributed by atoms with Gasteiger partial charge in [0.15, 0.2) is 0 Å². The third kappa shape index (κ3) is 2.12. The summed E-state index contributed by atoms with van der Waals surface area (Å²) in [7, 11) is 0. The second-order valence-electron chi connectivity index (χ2n) is 5.01. The third-order valence-corrected chi connectivity index (χ3v) is 3.67. The van der Waals surface area contributed by atoms with Gasteiger partial charge in [-0.2, -0.15) is 0 Å². The summed E-state index contributed by atoms with van der Waals surface area (Å²) in [6.45, 7) is 0. The van der Waals surface area contributed by atoms with E-state index >= 15 is 0 Å². The molecule has 1 atom stereocenters. The van der Waals surface area contributed by atoms with Gasteiger partial charge in [0, 0.05) is 0 Å². The number of carbonyl (C=O) groups is 1. The van der Waals surface area contributed by atoms with E-state index in [2.05, 4.69) is 30.3 Å². The van der Waals surface area contributed by atoms with Crippen LogP contribution in [0.5, 0.6) is 0 Å². The number of primary amides is 1. The molecule has 4 N–H and O–H groups in total. The largest absolute Gasteiger partial charge is 0.368 e. The van der Waals surface area contributed by atoms with Crippen LogP contribution >= 0.6 is 0 Å². The summed E-state index contributed by atoms with van der Waals surface area (Å²) < 4.78 is 0. The molecule has 0 bridgehead atoms. The first kappa shape index (κ1) is 12.6. The Hall–Kier alpha value is -2.39. The van der Waals surface area contributed by atoms with Crippen LogP contribution in [0.4, 0.5) is 0 Å². The summed E-state index contributed by atoms with van der Waals surface area (Å²) in [5, 5.41) is 4.56. The average Bonchev–Trinajstić information content (AvgIpc) is 2.46. The minimum atomic E-state index is -0.663. The molecule has 0 aliphatic heterocycles. The molecule has 0 radical (unpaired) electrons. The van der Waals surface area contributed by atoms with Gasteiger partial charge in [-0.3, -0.25) is 4.79 Å². The molecule has 0 saturated heterocycles. The molecule has 0 fully saturated rings. The van der Waals surface area contributed by atoms with Crippen LogP contribution in [-0.2, 0) is 11.2 Å². The van der Waals surface area contributed by atoms with Crippen molar-refractivity contribution in [3.05, 3.63) is 60.2 Å². The van der Waals surface area contributed by atoms with E-state index in [9.17, 15) is 4.79 Å².